The Morgan fingerprint density at radius 1 is 1.33 bits per heavy atom. The van der Waals surface area contributed by atoms with E-state index in [0.717, 1.165) is 17.7 Å². The van der Waals surface area contributed by atoms with E-state index in [1.54, 1.807) is 0 Å². The van der Waals surface area contributed by atoms with Crippen molar-refractivity contribution in [2.45, 2.75) is 33.1 Å². The van der Waals surface area contributed by atoms with E-state index < -0.39 is 0 Å². The van der Waals surface area contributed by atoms with Gasteiger partial charge in [0.15, 0.2) is 0 Å². The predicted octanol–water partition coefficient (Wildman–Crippen LogP) is 2.88. The third-order valence-corrected chi connectivity index (χ3v) is 2.68. The zero-order valence-corrected chi connectivity index (χ0v) is 9.79. The van der Waals surface area contributed by atoms with Gasteiger partial charge >= 0.3 is 0 Å². The summed E-state index contributed by atoms with van der Waals surface area (Å²) in [5.41, 5.74) is 2.34. The summed E-state index contributed by atoms with van der Waals surface area (Å²) in [7, 11) is 0. The highest BCUT2D eigenvalue weighted by Crippen LogP contribution is 2.25. The molecule has 15 heavy (non-hydrogen) atoms. The molecule has 0 radical (unpaired) electrons. The Bertz CT molecular complexity index is 303. The maximum absolute atomic E-state index is 9.21. The minimum Gasteiger partial charge on any atom is -0.494 e. The fourth-order valence-corrected chi connectivity index (χ4v) is 1.71. The minimum atomic E-state index is 0.212. The van der Waals surface area contributed by atoms with Gasteiger partial charge in [0.1, 0.15) is 5.75 Å². The summed E-state index contributed by atoms with van der Waals surface area (Å²) < 4.78 is 5.48. The summed E-state index contributed by atoms with van der Waals surface area (Å²) in [4.78, 5) is 0. The second kappa shape index (κ2) is 5.76. The van der Waals surface area contributed by atoms with Gasteiger partial charge in [-0.25, -0.2) is 0 Å². The first-order valence-electron chi connectivity index (χ1n) is 5.57. The Morgan fingerprint density at radius 3 is 2.53 bits per heavy atom. The van der Waals surface area contributed by atoms with Gasteiger partial charge in [0, 0.05) is 12.5 Å². The average molecular weight is 208 g/mol. The van der Waals surface area contributed by atoms with E-state index in [0.29, 0.717) is 6.61 Å². The Balaban J connectivity index is 2.89. The Kier molecular flexibility index (Phi) is 4.63. The van der Waals surface area contributed by atoms with Crippen LogP contribution in [0, 0.1) is 6.92 Å². The number of rotatable bonds is 5. The van der Waals surface area contributed by atoms with E-state index in [1.165, 1.54) is 5.56 Å². The molecule has 0 fully saturated rings. The van der Waals surface area contributed by atoms with Crippen molar-refractivity contribution >= 4 is 0 Å². The van der Waals surface area contributed by atoms with Gasteiger partial charge in [-0.2, -0.15) is 0 Å². The molecule has 0 aromatic heterocycles. The van der Waals surface area contributed by atoms with Crippen molar-refractivity contribution in [2.75, 3.05) is 13.2 Å². The van der Waals surface area contributed by atoms with Crippen LogP contribution in [0.1, 0.15) is 37.3 Å². The molecule has 1 rings (SSSR count). The third-order valence-electron chi connectivity index (χ3n) is 2.68. The lowest BCUT2D eigenvalue weighted by Gasteiger charge is -2.14. The number of aliphatic hydroxyl groups excluding tert-OH is 1. The Labute approximate surface area is 91.9 Å². The highest BCUT2D eigenvalue weighted by atomic mass is 16.5. The zero-order chi connectivity index (χ0) is 11.3. The third kappa shape index (κ3) is 2.96. The fraction of sp³-hybridized carbons (Fsp3) is 0.538. The van der Waals surface area contributed by atoms with Crippen molar-refractivity contribution in [2.24, 2.45) is 0 Å². The van der Waals surface area contributed by atoms with E-state index in [2.05, 4.69) is 13.0 Å². The molecular weight excluding hydrogens is 188 g/mol. The highest BCUT2D eigenvalue weighted by molar-refractivity contribution is 5.37. The molecule has 2 nitrogen and oxygen atoms in total. The molecule has 0 aliphatic carbocycles. The van der Waals surface area contributed by atoms with E-state index in [-0.39, 0.29) is 12.5 Å². The molecule has 1 aromatic rings. The maximum atomic E-state index is 9.21. The molecule has 1 N–H and O–H groups in total. The van der Waals surface area contributed by atoms with Gasteiger partial charge in [0.25, 0.3) is 0 Å². The number of aliphatic hydroxyl groups is 1. The molecule has 2 heteroatoms. The van der Waals surface area contributed by atoms with Crippen LogP contribution >= 0.6 is 0 Å². The van der Waals surface area contributed by atoms with Crippen molar-refractivity contribution in [1.29, 1.82) is 0 Å². The first-order chi connectivity index (χ1) is 7.22. The number of ether oxygens (including phenoxy) is 1. The van der Waals surface area contributed by atoms with Crippen LogP contribution in [0.4, 0.5) is 0 Å². The van der Waals surface area contributed by atoms with Crippen LogP contribution in [0.5, 0.6) is 5.75 Å². The monoisotopic (exact) mass is 208 g/mol. The van der Waals surface area contributed by atoms with E-state index in [1.807, 2.05) is 26.0 Å². The van der Waals surface area contributed by atoms with Gasteiger partial charge < -0.3 is 9.84 Å². The largest absolute Gasteiger partial charge is 0.494 e. The van der Waals surface area contributed by atoms with Gasteiger partial charge in [-0.05, 0) is 37.5 Å². The zero-order valence-electron chi connectivity index (χ0n) is 9.79. The molecule has 0 amide bonds. The second-order valence-corrected chi connectivity index (χ2v) is 3.75. The molecule has 0 spiro atoms. The van der Waals surface area contributed by atoms with Crippen molar-refractivity contribution in [3.63, 3.8) is 0 Å². The smallest absolute Gasteiger partial charge is 0.122 e. The standard InChI is InChI=1S/C13H20O2/c1-4-11(9-14)12-6-7-13(15-5-2)10(3)8-12/h6-8,11,14H,4-5,9H2,1-3H3. The molecule has 0 heterocycles. The molecule has 0 aliphatic heterocycles. The first-order valence-corrected chi connectivity index (χ1v) is 5.57. The summed E-state index contributed by atoms with van der Waals surface area (Å²) in [6, 6.07) is 6.14. The summed E-state index contributed by atoms with van der Waals surface area (Å²) in [5, 5.41) is 9.21. The van der Waals surface area contributed by atoms with Gasteiger partial charge in [0.2, 0.25) is 0 Å². The lowest BCUT2D eigenvalue weighted by molar-refractivity contribution is 0.262. The maximum Gasteiger partial charge on any atom is 0.122 e. The van der Waals surface area contributed by atoms with Crippen molar-refractivity contribution < 1.29 is 9.84 Å². The van der Waals surface area contributed by atoms with Crippen molar-refractivity contribution in [3.8, 4) is 5.75 Å². The topological polar surface area (TPSA) is 29.5 Å². The normalized spacial score (nSPS) is 12.5. The molecule has 1 unspecified atom stereocenters. The summed E-state index contributed by atoms with van der Waals surface area (Å²) in [5.74, 6) is 1.19. The predicted molar refractivity (Wildman–Crippen MR) is 62.5 cm³/mol. The molecule has 84 valence electrons. The number of aryl methyl sites for hydroxylation is 1. The van der Waals surface area contributed by atoms with E-state index in [9.17, 15) is 5.11 Å². The van der Waals surface area contributed by atoms with Gasteiger partial charge in [0.05, 0.1) is 6.61 Å². The Morgan fingerprint density at radius 2 is 2.07 bits per heavy atom. The Hall–Kier alpha value is -1.02. The molecule has 0 saturated heterocycles. The van der Waals surface area contributed by atoms with Crippen LogP contribution in [0.25, 0.3) is 0 Å². The van der Waals surface area contributed by atoms with Crippen molar-refractivity contribution in [1.82, 2.24) is 0 Å². The second-order valence-electron chi connectivity index (χ2n) is 3.75. The lowest BCUT2D eigenvalue weighted by Crippen LogP contribution is -2.03. The summed E-state index contributed by atoms with van der Waals surface area (Å²) in [6.07, 6.45) is 0.962. The molecule has 0 aliphatic rings. The number of hydrogen-bond acceptors (Lipinski definition) is 2. The van der Waals surface area contributed by atoms with Gasteiger partial charge in [-0.15, -0.1) is 0 Å². The van der Waals surface area contributed by atoms with Crippen LogP contribution in [0.3, 0.4) is 0 Å². The fourth-order valence-electron chi connectivity index (χ4n) is 1.71. The molecule has 1 atom stereocenters. The number of hydrogen-bond donors (Lipinski definition) is 1. The minimum absolute atomic E-state index is 0.212. The van der Waals surface area contributed by atoms with Crippen LogP contribution in [-0.2, 0) is 0 Å². The highest BCUT2D eigenvalue weighted by Gasteiger charge is 2.09. The lowest BCUT2D eigenvalue weighted by atomic mass is 9.96. The van der Waals surface area contributed by atoms with E-state index >= 15 is 0 Å². The van der Waals surface area contributed by atoms with Crippen LogP contribution in [0.2, 0.25) is 0 Å². The molecular formula is C13H20O2. The van der Waals surface area contributed by atoms with Crippen LogP contribution in [0.15, 0.2) is 18.2 Å². The number of benzene rings is 1. The molecule has 0 saturated carbocycles. The van der Waals surface area contributed by atoms with Crippen LogP contribution in [-0.4, -0.2) is 18.3 Å². The SMILES string of the molecule is CCOc1ccc(C(CC)CO)cc1C. The summed E-state index contributed by atoms with van der Waals surface area (Å²) >= 11 is 0. The summed E-state index contributed by atoms with van der Waals surface area (Å²) in [6.45, 7) is 7.02. The van der Waals surface area contributed by atoms with E-state index in [4.69, 9.17) is 4.74 Å². The molecule has 1 aromatic carbocycles. The van der Waals surface area contributed by atoms with Crippen molar-refractivity contribution in [3.05, 3.63) is 29.3 Å². The van der Waals surface area contributed by atoms with Gasteiger partial charge in [-0.1, -0.05) is 19.1 Å². The van der Waals surface area contributed by atoms with Gasteiger partial charge in [-0.3, -0.25) is 0 Å². The average Bonchev–Trinajstić information content (AvgIpc) is 2.24. The molecule has 0 bridgehead atoms. The quantitative estimate of drug-likeness (QED) is 0.806. The first kappa shape index (κ1) is 12.1. The van der Waals surface area contributed by atoms with Crippen LogP contribution < -0.4 is 4.74 Å².